The van der Waals surface area contributed by atoms with Crippen molar-refractivity contribution < 1.29 is 28.9 Å². The zero-order valence-corrected chi connectivity index (χ0v) is 19.7. The summed E-state index contributed by atoms with van der Waals surface area (Å²) in [5.41, 5.74) is 1.75. The number of aromatic nitrogens is 1. The number of nitrogens with zero attached hydrogens (tertiary/aromatic N) is 2. The third-order valence-electron chi connectivity index (χ3n) is 5.77. The molecule has 1 aromatic carbocycles. The van der Waals surface area contributed by atoms with Crippen LogP contribution in [0.15, 0.2) is 18.2 Å². The molecule has 1 aliphatic rings. The monoisotopic (exact) mass is 445 g/mol. The number of carbonyl (C=O) groups is 2. The summed E-state index contributed by atoms with van der Waals surface area (Å²) in [4.78, 5) is 31.0. The first kappa shape index (κ1) is 23.6. The number of rotatable bonds is 5. The molecule has 32 heavy (non-hydrogen) atoms. The molecule has 1 amide bonds. The number of ether oxygens (including phenoxy) is 3. The van der Waals surface area contributed by atoms with Gasteiger partial charge in [-0.3, -0.25) is 4.90 Å². The predicted octanol–water partition coefficient (Wildman–Crippen LogP) is 3.72. The van der Waals surface area contributed by atoms with Gasteiger partial charge >= 0.3 is 12.1 Å². The molecule has 1 aromatic heterocycles. The molecule has 0 saturated carbocycles. The molecule has 1 saturated heterocycles. The summed E-state index contributed by atoms with van der Waals surface area (Å²) in [6.07, 6.45) is 1.34. The lowest BCUT2D eigenvalue weighted by molar-refractivity contribution is -0.145. The van der Waals surface area contributed by atoms with Crippen molar-refractivity contribution in [2.24, 2.45) is 5.92 Å². The maximum atomic E-state index is 12.7. The minimum atomic E-state index is -0.661. The third-order valence-corrected chi connectivity index (χ3v) is 5.77. The number of aryl methyl sites for hydroxylation is 2. The van der Waals surface area contributed by atoms with E-state index >= 15 is 0 Å². The number of likely N-dealkylation sites (tertiary alicyclic amines) is 1. The topological polar surface area (TPSA) is 101 Å². The Kier molecular flexibility index (Phi) is 6.81. The van der Waals surface area contributed by atoms with Gasteiger partial charge in [-0.15, -0.1) is 0 Å². The molecular formula is C24H33N2O6+. The molecule has 2 aromatic rings. The Morgan fingerprint density at radius 3 is 2.59 bits per heavy atom. The average Bonchev–Trinajstić information content (AvgIpc) is 3.16. The highest BCUT2D eigenvalue weighted by molar-refractivity contribution is 5.86. The standard InChI is InChI=1S/C24H32N2O6/c1-14-21(27)17(18-12-16(30-5)8-10-19(18)25-14)9-7-15-11-20(22(28)31-6)26(13-15)23(29)32-24(2,3)4/h8,10,12,15,20,27H,7,9,11,13H2,1-6H3/p+1/t15-,20-/m0/s1. The van der Waals surface area contributed by atoms with Crippen LogP contribution in [-0.2, 0) is 20.7 Å². The van der Waals surface area contributed by atoms with Crippen molar-refractivity contribution in [2.75, 3.05) is 20.8 Å². The number of amides is 1. The van der Waals surface area contributed by atoms with Gasteiger partial charge in [0, 0.05) is 11.9 Å². The van der Waals surface area contributed by atoms with Crippen molar-refractivity contribution in [2.45, 2.75) is 58.6 Å². The first-order valence-electron chi connectivity index (χ1n) is 10.8. The van der Waals surface area contributed by atoms with E-state index in [1.54, 1.807) is 27.9 Å². The molecule has 2 atom stereocenters. The van der Waals surface area contributed by atoms with Crippen molar-refractivity contribution in [1.82, 2.24) is 9.88 Å². The van der Waals surface area contributed by atoms with E-state index in [0.717, 1.165) is 16.5 Å². The SMILES string of the molecule is COC(=O)[C@@H]1C[C@H](CCc2c([OH2+])c(C)nc3ccc(OC)cc23)CN1C(=O)OC(C)(C)C. The van der Waals surface area contributed by atoms with Crippen molar-refractivity contribution in [3.8, 4) is 11.5 Å². The Labute approximate surface area is 188 Å². The van der Waals surface area contributed by atoms with Gasteiger partial charge in [-0.1, -0.05) is 0 Å². The molecule has 2 heterocycles. The summed E-state index contributed by atoms with van der Waals surface area (Å²) in [5.74, 6) is 0.776. The van der Waals surface area contributed by atoms with E-state index in [9.17, 15) is 9.59 Å². The van der Waals surface area contributed by atoms with Crippen LogP contribution in [0.25, 0.3) is 10.9 Å². The van der Waals surface area contributed by atoms with Crippen molar-refractivity contribution >= 4 is 23.0 Å². The van der Waals surface area contributed by atoms with E-state index in [2.05, 4.69) is 4.98 Å². The summed E-state index contributed by atoms with van der Waals surface area (Å²) in [7, 11) is 2.94. The number of hydrogen-bond acceptors (Lipinski definition) is 6. The second kappa shape index (κ2) is 9.22. The normalized spacial score (nSPS) is 18.6. The van der Waals surface area contributed by atoms with E-state index in [-0.39, 0.29) is 5.92 Å². The van der Waals surface area contributed by atoms with Gasteiger partial charge < -0.3 is 19.3 Å². The molecule has 174 valence electrons. The molecule has 0 bridgehead atoms. The lowest BCUT2D eigenvalue weighted by Gasteiger charge is -2.27. The maximum Gasteiger partial charge on any atom is 0.411 e. The predicted molar refractivity (Wildman–Crippen MR) is 121 cm³/mol. The van der Waals surface area contributed by atoms with Gasteiger partial charge in [0.2, 0.25) is 0 Å². The van der Waals surface area contributed by atoms with Gasteiger partial charge in [0.05, 0.1) is 25.3 Å². The van der Waals surface area contributed by atoms with Gasteiger partial charge in [-0.2, -0.15) is 0 Å². The lowest BCUT2D eigenvalue weighted by atomic mass is 9.94. The number of fused-ring (bicyclic) bond motifs is 1. The van der Waals surface area contributed by atoms with Crippen LogP contribution < -0.4 is 4.74 Å². The molecule has 1 aliphatic heterocycles. The summed E-state index contributed by atoms with van der Waals surface area (Å²) in [6, 6.07) is 5.01. The highest BCUT2D eigenvalue weighted by atomic mass is 16.6. The smallest absolute Gasteiger partial charge is 0.411 e. The Morgan fingerprint density at radius 2 is 1.97 bits per heavy atom. The van der Waals surface area contributed by atoms with Crippen molar-refractivity contribution in [1.29, 1.82) is 0 Å². The minimum Gasteiger partial charge on any atom is -0.592 e. The van der Waals surface area contributed by atoms with Gasteiger partial charge in [0.25, 0.3) is 5.75 Å². The van der Waals surface area contributed by atoms with Crippen LogP contribution in [0.2, 0.25) is 0 Å². The van der Waals surface area contributed by atoms with Crippen molar-refractivity contribution in [3.05, 3.63) is 29.5 Å². The number of hydrogen-bond donors (Lipinski definition) is 0. The number of esters is 1. The Bertz CT molecular complexity index is 1010. The zero-order valence-electron chi connectivity index (χ0n) is 19.7. The molecule has 8 nitrogen and oxygen atoms in total. The second-order valence-electron chi connectivity index (χ2n) is 9.25. The van der Waals surface area contributed by atoms with Crippen LogP contribution in [0.3, 0.4) is 0 Å². The molecule has 0 unspecified atom stereocenters. The summed E-state index contributed by atoms with van der Waals surface area (Å²) < 4.78 is 15.8. The van der Waals surface area contributed by atoms with E-state index in [1.165, 1.54) is 12.0 Å². The van der Waals surface area contributed by atoms with Crippen LogP contribution in [0.4, 0.5) is 4.79 Å². The van der Waals surface area contributed by atoms with E-state index < -0.39 is 23.7 Å². The average molecular weight is 446 g/mol. The van der Waals surface area contributed by atoms with E-state index in [4.69, 9.17) is 19.3 Å². The van der Waals surface area contributed by atoms with Crippen molar-refractivity contribution in [3.63, 3.8) is 0 Å². The molecule has 2 N–H and O–H groups in total. The highest BCUT2D eigenvalue weighted by Crippen LogP contribution is 2.35. The largest absolute Gasteiger partial charge is 0.592 e. The van der Waals surface area contributed by atoms with E-state index in [0.29, 0.717) is 43.0 Å². The lowest BCUT2D eigenvalue weighted by Crippen LogP contribution is -2.43. The first-order valence-corrected chi connectivity index (χ1v) is 10.8. The van der Waals surface area contributed by atoms with Gasteiger partial charge in [0.15, 0.2) is 0 Å². The molecule has 1 fully saturated rings. The zero-order chi connectivity index (χ0) is 23.6. The highest BCUT2D eigenvalue weighted by Gasteiger charge is 2.42. The Morgan fingerprint density at radius 1 is 1.25 bits per heavy atom. The Balaban J connectivity index is 1.82. The summed E-state index contributed by atoms with van der Waals surface area (Å²) in [5, 5.41) is 9.46. The van der Waals surface area contributed by atoms with Crippen LogP contribution in [0, 0.1) is 12.8 Å². The van der Waals surface area contributed by atoms with Crippen LogP contribution in [0.5, 0.6) is 11.5 Å². The first-order chi connectivity index (χ1) is 15.0. The van der Waals surface area contributed by atoms with Gasteiger partial charge in [-0.25, -0.2) is 14.6 Å². The number of carbonyl (C=O) groups excluding carboxylic acids is 2. The van der Waals surface area contributed by atoms with Crippen LogP contribution in [0.1, 0.15) is 44.9 Å². The third kappa shape index (κ3) is 5.06. The van der Waals surface area contributed by atoms with Crippen LogP contribution in [-0.4, -0.2) is 59.5 Å². The fourth-order valence-electron chi connectivity index (χ4n) is 4.19. The fraction of sp³-hybridized carbons (Fsp3) is 0.542. The molecule has 0 radical (unpaired) electrons. The minimum absolute atomic E-state index is 0.0835. The number of pyridine rings is 1. The quantitative estimate of drug-likeness (QED) is 0.514. The van der Waals surface area contributed by atoms with Gasteiger partial charge in [-0.05, 0) is 71.1 Å². The molecule has 8 heteroatoms. The van der Waals surface area contributed by atoms with Crippen LogP contribution >= 0.6 is 0 Å². The fourth-order valence-corrected chi connectivity index (χ4v) is 4.19. The number of benzene rings is 1. The molecule has 3 rings (SSSR count). The van der Waals surface area contributed by atoms with Gasteiger partial charge in [0.1, 0.15) is 23.1 Å². The second-order valence-corrected chi connectivity index (χ2v) is 9.25. The molecule has 0 spiro atoms. The summed E-state index contributed by atoms with van der Waals surface area (Å²) in [6.45, 7) is 7.64. The number of methoxy groups -OCH3 is 2. The Hall–Kier alpha value is -3.03. The summed E-state index contributed by atoms with van der Waals surface area (Å²) >= 11 is 0. The maximum absolute atomic E-state index is 12.7. The van der Waals surface area contributed by atoms with E-state index in [1.807, 2.05) is 25.1 Å². The molecule has 0 aliphatic carbocycles. The molecular weight excluding hydrogens is 412 g/mol.